The molecular formula is C17H24N6O3. The van der Waals surface area contributed by atoms with E-state index in [4.69, 9.17) is 4.74 Å². The number of carbonyl (C=O) groups is 1. The summed E-state index contributed by atoms with van der Waals surface area (Å²) in [6, 6.07) is 0. The molecule has 2 aliphatic rings. The fourth-order valence-corrected chi connectivity index (χ4v) is 4.05. The third-order valence-corrected chi connectivity index (χ3v) is 5.71. The number of carbonyl (C=O) groups excluding carboxylic acids is 1. The van der Waals surface area contributed by atoms with Crippen molar-refractivity contribution in [3.63, 3.8) is 0 Å². The number of aromatic amines is 1. The first kappa shape index (κ1) is 17.0. The van der Waals surface area contributed by atoms with Crippen LogP contribution in [-0.4, -0.2) is 54.0 Å². The summed E-state index contributed by atoms with van der Waals surface area (Å²) < 4.78 is 9.48. The van der Waals surface area contributed by atoms with E-state index < -0.39 is 5.60 Å². The zero-order valence-electron chi connectivity index (χ0n) is 15.4. The minimum Gasteiger partial charge on any atom is -0.363 e. The number of hydrogen-bond acceptors (Lipinski definition) is 5. The summed E-state index contributed by atoms with van der Waals surface area (Å²) >= 11 is 0. The molecule has 1 N–H and O–H groups in total. The van der Waals surface area contributed by atoms with Gasteiger partial charge in [-0.15, -0.1) is 0 Å². The minimum absolute atomic E-state index is 0.124. The molecule has 1 amide bonds. The van der Waals surface area contributed by atoms with Crippen LogP contribution in [0.4, 0.5) is 0 Å². The number of rotatable bonds is 3. The van der Waals surface area contributed by atoms with Crippen molar-refractivity contribution < 1.29 is 9.53 Å². The van der Waals surface area contributed by atoms with Gasteiger partial charge in [0.2, 0.25) is 5.91 Å². The quantitative estimate of drug-likeness (QED) is 0.834. The van der Waals surface area contributed by atoms with Crippen molar-refractivity contribution in [3.05, 3.63) is 33.3 Å². The van der Waals surface area contributed by atoms with Gasteiger partial charge in [0.25, 0.3) is 0 Å². The van der Waals surface area contributed by atoms with Crippen LogP contribution in [0.25, 0.3) is 0 Å². The smallest absolute Gasteiger partial charge is 0.343 e. The van der Waals surface area contributed by atoms with Crippen LogP contribution in [0.15, 0.2) is 4.79 Å². The van der Waals surface area contributed by atoms with Gasteiger partial charge in [-0.3, -0.25) is 14.0 Å². The van der Waals surface area contributed by atoms with Crippen LogP contribution < -0.4 is 5.69 Å². The van der Waals surface area contributed by atoms with Crippen LogP contribution in [0.2, 0.25) is 0 Å². The molecule has 140 valence electrons. The molecular weight excluding hydrogens is 336 g/mol. The average Bonchev–Trinajstić information content (AvgIpc) is 3.25. The molecule has 1 fully saturated rings. The van der Waals surface area contributed by atoms with Crippen molar-refractivity contribution in [3.8, 4) is 0 Å². The summed E-state index contributed by atoms with van der Waals surface area (Å²) in [5.74, 6) is 0.742. The van der Waals surface area contributed by atoms with E-state index in [9.17, 15) is 9.59 Å². The third-order valence-electron chi connectivity index (χ3n) is 5.71. The molecule has 1 unspecified atom stereocenters. The van der Waals surface area contributed by atoms with E-state index in [0.29, 0.717) is 44.9 Å². The third kappa shape index (κ3) is 2.76. The maximum absolute atomic E-state index is 12.7. The number of aromatic nitrogens is 5. The van der Waals surface area contributed by atoms with E-state index in [0.717, 1.165) is 23.4 Å². The number of aryl methyl sites for hydroxylation is 2. The first-order valence-electron chi connectivity index (χ1n) is 8.93. The van der Waals surface area contributed by atoms with Crippen molar-refractivity contribution in [1.29, 1.82) is 0 Å². The second-order valence-corrected chi connectivity index (χ2v) is 7.34. The Bertz CT molecular complexity index is 910. The summed E-state index contributed by atoms with van der Waals surface area (Å²) in [5, 5.41) is 10.8. The lowest BCUT2D eigenvalue weighted by Crippen LogP contribution is -2.47. The molecule has 9 heteroatoms. The van der Waals surface area contributed by atoms with Crippen molar-refractivity contribution in [2.24, 2.45) is 7.05 Å². The number of H-pyrrole nitrogens is 1. The zero-order valence-corrected chi connectivity index (χ0v) is 15.4. The Kier molecular flexibility index (Phi) is 3.98. The van der Waals surface area contributed by atoms with Crippen LogP contribution in [0.1, 0.15) is 35.6 Å². The highest BCUT2D eigenvalue weighted by atomic mass is 16.5. The Balaban J connectivity index is 1.40. The minimum atomic E-state index is -0.476. The lowest BCUT2D eigenvalue weighted by Gasteiger charge is -2.33. The lowest BCUT2D eigenvalue weighted by molar-refractivity contribution is -0.133. The van der Waals surface area contributed by atoms with Gasteiger partial charge in [0, 0.05) is 25.7 Å². The van der Waals surface area contributed by atoms with Gasteiger partial charge in [-0.25, -0.2) is 9.89 Å². The van der Waals surface area contributed by atoms with Gasteiger partial charge in [-0.05, 0) is 32.3 Å². The molecule has 4 rings (SSSR count). The maximum atomic E-state index is 12.7. The number of ether oxygens (including phenoxy) is 1. The van der Waals surface area contributed by atoms with E-state index in [1.165, 1.54) is 0 Å². The van der Waals surface area contributed by atoms with Gasteiger partial charge < -0.3 is 9.64 Å². The summed E-state index contributed by atoms with van der Waals surface area (Å²) in [6.07, 6.45) is 1.89. The fraction of sp³-hybridized carbons (Fsp3) is 0.647. The largest absolute Gasteiger partial charge is 0.363 e. The zero-order chi connectivity index (χ0) is 18.5. The van der Waals surface area contributed by atoms with Gasteiger partial charge in [0.15, 0.2) is 5.82 Å². The highest BCUT2D eigenvalue weighted by Gasteiger charge is 2.44. The van der Waals surface area contributed by atoms with E-state index in [-0.39, 0.29) is 11.6 Å². The SMILES string of the molecule is Cc1nn(C)c(C)c1CCC(=O)N1CCC2(C1)Cn1c(n[nH]c1=O)CO2. The number of amides is 1. The monoisotopic (exact) mass is 360 g/mol. The van der Waals surface area contributed by atoms with Crippen LogP contribution in [0.3, 0.4) is 0 Å². The maximum Gasteiger partial charge on any atom is 0.343 e. The van der Waals surface area contributed by atoms with Crippen molar-refractivity contribution in [1.82, 2.24) is 29.4 Å². The summed E-state index contributed by atoms with van der Waals surface area (Å²) in [4.78, 5) is 26.4. The molecule has 0 saturated carbocycles. The Labute approximate surface area is 150 Å². The number of nitrogens with zero attached hydrogens (tertiary/aromatic N) is 5. The number of hydrogen-bond donors (Lipinski definition) is 1. The Morgan fingerprint density at radius 2 is 2.15 bits per heavy atom. The highest BCUT2D eigenvalue weighted by molar-refractivity contribution is 5.77. The van der Waals surface area contributed by atoms with Crippen LogP contribution in [-0.2, 0) is 36.2 Å². The standard InChI is InChI=1S/C17H24N6O3/c1-11-13(12(2)21(3)20-11)4-5-15(24)22-7-6-17(9-22)10-23-14(8-26-17)18-19-16(23)25/h4-10H2,1-3H3,(H,19,25). The van der Waals surface area contributed by atoms with Crippen molar-refractivity contribution in [2.75, 3.05) is 13.1 Å². The van der Waals surface area contributed by atoms with Gasteiger partial charge in [-0.2, -0.15) is 10.2 Å². The van der Waals surface area contributed by atoms with Gasteiger partial charge >= 0.3 is 5.69 Å². The highest BCUT2D eigenvalue weighted by Crippen LogP contribution is 2.31. The molecule has 1 spiro atoms. The Morgan fingerprint density at radius 1 is 1.35 bits per heavy atom. The topological polar surface area (TPSA) is 98.0 Å². The van der Waals surface area contributed by atoms with Crippen LogP contribution in [0.5, 0.6) is 0 Å². The van der Waals surface area contributed by atoms with Crippen LogP contribution in [0, 0.1) is 13.8 Å². The first-order chi connectivity index (χ1) is 12.4. The molecule has 0 aliphatic carbocycles. The Hall–Kier alpha value is -2.42. The molecule has 0 bridgehead atoms. The van der Waals surface area contributed by atoms with E-state index >= 15 is 0 Å². The predicted octanol–water partition coefficient (Wildman–Crippen LogP) is 0.0558. The number of nitrogens with one attached hydrogen (secondary N) is 1. The molecule has 4 heterocycles. The molecule has 2 aromatic heterocycles. The van der Waals surface area contributed by atoms with E-state index in [1.54, 1.807) is 4.57 Å². The summed E-state index contributed by atoms with van der Waals surface area (Å²) in [5.41, 5.74) is 2.55. The van der Waals surface area contributed by atoms with Gasteiger partial charge in [-0.1, -0.05) is 0 Å². The molecule has 26 heavy (non-hydrogen) atoms. The second kappa shape index (κ2) is 6.08. The van der Waals surface area contributed by atoms with Crippen molar-refractivity contribution >= 4 is 5.91 Å². The van der Waals surface area contributed by atoms with Gasteiger partial charge in [0.1, 0.15) is 12.2 Å². The molecule has 1 saturated heterocycles. The summed E-state index contributed by atoms with van der Waals surface area (Å²) in [6.45, 7) is 5.94. The molecule has 0 aromatic carbocycles. The van der Waals surface area contributed by atoms with E-state index in [2.05, 4.69) is 15.3 Å². The normalized spacial score (nSPS) is 22.2. The molecule has 2 aliphatic heterocycles. The predicted molar refractivity (Wildman–Crippen MR) is 92.6 cm³/mol. The molecule has 0 radical (unpaired) electrons. The molecule has 9 nitrogen and oxygen atoms in total. The first-order valence-corrected chi connectivity index (χ1v) is 8.93. The van der Waals surface area contributed by atoms with Crippen molar-refractivity contribution in [2.45, 2.75) is 51.9 Å². The van der Waals surface area contributed by atoms with Crippen LogP contribution >= 0.6 is 0 Å². The van der Waals surface area contributed by atoms with Gasteiger partial charge in [0.05, 0.1) is 18.8 Å². The van der Waals surface area contributed by atoms with E-state index in [1.807, 2.05) is 30.5 Å². The Morgan fingerprint density at radius 3 is 2.88 bits per heavy atom. The lowest BCUT2D eigenvalue weighted by atomic mass is 10.0. The summed E-state index contributed by atoms with van der Waals surface area (Å²) in [7, 11) is 1.92. The molecule has 2 aromatic rings. The average molecular weight is 360 g/mol. The molecule has 1 atom stereocenters. The number of fused-ring (bicyclic) bond motifs is 1. The second-order valence-electron chi connectivity index (χ2n) is 7.34. The fourth-order valence-electron chi connectivity index (χ4n) is 4.05. The number of likely N-dealkylation sites (tertiary alicyclic amines) is 1.